The minimum Gasteiger partial charge on any atom is -0.398 e. The van der Waals surface area contributed by atoms with Crippen molar-refractivity contribution in [2.75, 3.05) is 16.8 Å². The summed E-state index contributed by atoms with van der Waals surface area (Å²) in [4.78, 5) is 12.8. The van der Waals surface area contributed by atoms with Gasteiger partial charge in [0, 0.05) is 15.1 Å². The van der Waals surface area contributed by atoms with E-state index in [2.05, 4.69) is 21.2 Å². The highest BCUT2D eigenvalue weighted by Crippen LogP contribution is 2.25. The number of thioether (sulfide) groups is 1. The lowest BCUT2D eigenvalue weighted by atomic mass is 10.3. The predicted molar refractivity (Wildman–Crippen MR) is 84.4 cm³/mol. The van der Waals surface area contributed by atoms with Gasteiger partial charge in [0.2, 0.25) is 5.91 Å². The average molecular weight is 337 g/mol. The van der Waals surface area contributed by atoms with Gasteiger partial charge in [-0.15, -0.1) is 11.8 Å². The Morgan fingerprint density at radius 2 is 1.84 bits per heavy atom. The number of carbonyl (C=O) groups is 1. The Kier molecular flexibility index (Phi) is 4.87. The molecule has 0 unspecified atom stereocenters. The third-order valence-corrected chi connectivity index (χ3v) is 4.21. The van der Waals surface area contributed by atoms with Crippen LogP contribution < -0.4 is 11.1 Å². The van der Waals surface area contributed by atoms with E-state index in [1.807, 2.05) is 48.5 Å². The monoisotopic (exact) mass is 336 g/mol. The van der Waals surface area contributed by atoms with Crippen LogP contribution in [0.25, 0.3) is 0 Å². The third-order valence-electron chi connectivity index (χ3n) is 2.43. The van der Waals surface area contributed by atoms with Gasteiger partial charge in [0.25, 0.3) is 0 Å². The molecule has 0 saturated heterocycles. The molecule has 2 aromatic rings. The number of hydrogen-bond donors (Lipinski definition) is 2. The molecule has 19 heavy (non-hydrogen) atoms. The molecule has 0 saturated carbocycles. The van der Waals surface area contributed by atoms with E-state index in [0.717, 1.165) is 15.1 Å². The van der Waals surface area contributed by atoms with Crippen LogP contribution >= 0.6 is 27.7 Å². The number of halogens is 1. The number of hydrogen-bond acceptors (Lipinski definition) is 3. The number of nitrogen functional groups attached to an aromatic ring is 1. The van der Waals surface area contributed by atoms with Crippen molar-refractivity contribution < 1.29 is 4.79 Å². The largest absolute Gasteiger partial charge is 0.398 e. The maximum absolute atomic E-state index is 11.9. The Hall–Kier alpha value is -1.46. The maximum Gasteiger partial charge on any atom is 0.234 e. The SMILES string of the molecule is Nc1ccccc1SCC(=O)Nc1ccccc1Br. The standard InChI is InChI=1S/C14H13BrN2OS/c15-10-5-1-3-7-12(10)17-14(18)9-19-13-8-4-2-6-11(13)16/h1-8H,9,16H2,(H,17,18). The molecule has 1 amide bonds. The van der Waals surface area contributed by atoms with Crippen molar-refractivity contribution in [3.8, 4) is 0 Å². The molecule has 2 rings (SSSR count). The highest BCUT2D eigenvalue weighted by Gasteiger charge is 2.07. The summed E-state index contributed by atoms with van der Waals surface area (Å²) < 4.78 is 0.868. The number of rotatable bonds is 4. The van der Waals surface area contributed by atoms with Gasteiger partial charge in [0.05, 0.1) is 11.4 Å². The van der Waals surface area contributed by atoms with Crippen molar-refractivity contribution >= 4 is 45.0 Å². The zero-order chi connectivity index (χ0) is 13.7. The molecule has 98 valence electrons. The molecule has 0 aliphatic heterocycles. The fourth-order valence-electron chi connectivity index (χ4n) is 1.50. The molecule has 3 nitrogen and oxygen atoms in total. The van der Waals surface area contributed by atoms with Crippen LogP contribution in [0.3, 0.4) is 0 Å². The average Bonchev–Trinajstić information content (AvgIpc) is 2.40. The number of nitrogens with two attached hydrogens (primary N) is 1. The Balaban J connectivity index is 1.92. The smallest absolute Gasteiger partial charge is 0.234 e. The molecule has 3 N–H and O–H groups in total. The van der Waals surface area contributed by atoms with Crippen LogP contribution in [0.15, 0.2) is 57.9 Å². The molecule has 0 bridgehead atoms. The van der Waals surface area contributed by atoms with Crippen LogP contribution in [-0.2, 0) is 4.79 Å². The lowest BCUT2D eigenvalue weighted by Crippen LogP contribution is -2.14. The fraction of sp³-hybridized carbons (Fsp3) is 0.0714. The number of amides is 1. The van der Waals surface area contributed by atoms with Gasteiger partial charge in [-0.3, -0.25) is 4.79 Å². The Morgan fingerprint density at radius 3 is 2.58 bits per heavy atom. The summed E-state index contributed by atoms with van der Waals surface area (Å²) in [6.45, 7) is 0. The summed E-state index contributed by atoms with van der Waals surface area (Å²) in [7, 11) is 0. The summed E-state index contributed by atoms with van der Waals surface area (Å²) in [5.41, 5.74) is 7.29. The minimum absolute atomic E-state index is 0.0554. The first-order chi connectivity index (χ1) is 9.16. The van der Waals surface area contributed by atoms with Gasteiger partial charge in [0.15, 0.2) is 0 Å². The van der Waals surface area contributed by atoms with Gasteiger partial charge in [-0.1, -0.05) is 24.3 Å². The zero-order valence-electron chi connectivity index (χ0n) is 10.1. The van der Waals surface area contributed by atoms with Crippen molar-refractivity contribution in [2.45, 2.75) is 4.90 Å². The second kappa shape index (κ2) is 6.63. The number of anilines is 2. The van der Waals surface area contributed by atoms with Crippen molar-refractivity contribution in [2.24, 2.45) is 0 Å². The Morgan fingerprint density at radius 1 is 1.16 bits per heavy atom. The molecular weight excluding hydrogens is 324 g/mol. The minimum atomic E-state index is -0.0554. The van der Waals surface area contributed by atoms with Crippen LogP contribution in [0.1, 0.15) is 0 Å². The highest BCUT2D eigenvalue weighted by molar-refractivity contribution is 9.10. The highest BCUT2D eigenvalue weighted by atomic mass is 79.9. The summed E-state index contributed by atoms with van der Waals surface area (Å²) in [5.74, 6) is 0.274. The molecule has 0 radical (unpaired) electrons. The topological polar surface area (TPSA) is 55.1 Å². The zero-order valence-corrected chi connectivity index (χ0v) is 12.5. The summed E-state index contributed by atoms with van der Waals surface area (Å²) in [6.07, 6.45) is 0. The van der Waals surface area contributed by atoms with Gasteiger partial charge in [-0.05, 0) is 40.2 Å². The number of carbonyl (C=O) groups excluding carboxylic acids is 1. The third kappa shape index (κ3) is 4.01. The van der Waals surface area contributed by atoms with E-state index in [1.54, 1.807) is 0 Å². The van der Waals surface area contributed by atoms with E-state index in [4.69, 9.17) is 5.73 Å². The summed E-state index contributed by atoms with van der Waals surface area (Å²) in [5, 5.41) is 2.85. The molecule has 0 fully saturated rings. The molecule has 0 atom stereocenters. The van der Waals surface area contributed by atoms with Crippen molar-refractivity contribution in [3.63, 3.8) is 0 Å². The second-order valence-electron chi connectivity index (χ2n) is 3.85. The first-order valence-electron chi connectivity index (χ1n) is 5.68. The van der Waals surface area contributed by atoms with Crippen LogP contribution in [0.2, 0.25) is 0 Å². The molecule has 5 heteroatoms. The van der Waals surface area contributed by atoms with E-state index in [-0.39, 0.29) is 5.91 Å². The second-order valence-corrected chi connectivity index (χ2v) is 5.73. The number of nitrogens with one attached hydrogen (secondary N) is 1. The van der Waals surface area contributed by atoms with Crippen molar-refractivity contribution in [1.29, 1.82) is 0 Å². The molecule has 0 spiro atoms. The molecule has 0 heterocycles. The Bertz CT molecular complexity index is 589. The maximum atomic E-state index is 11.9. The Labute approximate surface area is 124 Å². The van der Waals surface area contributed by atoms with Gasteiger partial charge in [0.1, 0.15) is 0 Å². The van der Waals surface area contributed by atoms with E-state index < -0.39 is 0 Å². The normalized spacial score (nSPS) is 10.2. The van der Waals surface area contributed by atoms with Crippen LogP contribution in [-0.4, -0.2) is 11.7 Å². The summed E-state index contributed by atoms with van der Waals surface area (Å²) >= 11 is 4.82. The lowest BCUT2D eigenvalue weighted by Gasteiger charge is -2.08. The van der Waals surface area contributed by atoms with Gasteiger partial charge in [-0.2, -0.15) is 0 Å². The summed E-state index contributed by atoms with van der Waals surface area (Å²) in [6, 6.07) is 15.0. The van der Waals surface area contributed by atoms with E-state index in [9.17, 15) is 4.79 Å². The number of para-hydroxylation sites is 2. The van der Waals surface area contributed by atoms with Crippen LogP contribution in [0, 0.1) is 0 Å². The van der Waals surface area contributed by atoms with Crippen LogP contribution in [0.5, 0.6) is 0 Å². The van der Waals surface area contributed by atoms with E-state index in [0.29, 0.717) is 11.4 Å². The molecule has 2 aromatic carbocycles. The first kappa shape index (κ1) is 14.0. The molecular formula is C14H13BrN2OS. The van der Waals surface area contributed by atoms with Crippen molar-refractivity contribution in [3.05, 3.63) is 53.0 Å². The quantitative estimate of drug-likeness (QED) is 0.660. The van der Waals surface area contributed by atoms with Crippen LogP contribution in [0.4, 0.5) is 11.4 Å². The van der Waals surface area contributed by atoms with Crippen molar-refractivity contribution in [1.82, 2.24) is 0 Å². The predicted octanol–water partition coefficient (Wildman–Crippen LogP) is 3.76. The molecule has 0 aliphatic carbocycles. The van der Waals surface area contributed by atoms with Gasteiger partial charge < -0.3 is 11.1 Å². The fourth-order valence-corrected chi connectivity index (χ4v) is 2.66. The van der Waals surface area contributed by atoms with Gasteiger partial charge in [-0.25, -0.2) is 0 Å². The van der Waals surface area contributed by atoms with E-state index >= 15 is 0 Å². The molecule has 0 aromatic heterocycles. The lowest BCUT2D eigenvalue weighted by molar-refractivity contribution is -0.113. The van der Waals surface area contributed by atoms with E-state index in [1.165, 1.54) is 11.8 Å². The number of benzene rings is 2. The molecule has 0 aliphatic rings. The van der Waals surface area contributed by atoms with Gasteiger partial charge >= 0.3 is 0 Å². The first-order valence-corrected chi connectivity index (χ1v) is 7.46.